The zero-order valence-corrected chi connectivity index (χ0v) is 28.0. The molecule has 0 unspecified atom stereocenters. The maximum absolute atomic E-state index is 6.88. The quantitative estimate of drug-likeness (QED) is 0.188. The Hall–Kier alpha value is -7.04. The number of rotatable bonds is 4. The molecule has 0 aliphatic heterocycles. The molecule has 52 heavy (non-hydrogen) atoms. The van der Waals surface area contributed by atoms with E-state index in [9.17, 15) is 0 Å². The van der Waals surface area contributed by atoms with Crippen molar-refractivity contribution in [2.75, 3.05) is 0 Å². The van der Waals surface area contributed by atoms with E-state index in [4.69, 9.17) is 14.4 Å². The highest BCUT2D eigenvalue weighted by atomic mass is 16.3. The number of furan rings is 1. The normalized spacial score (nSPS) is 11.8. The first-order valence-corrected chi connectivity index (χ1v) is 17.6. The van der Waals surface area contributed by atoms with Crippen molar-refractivity contribution in [3.05, 3.63) is 176 Å². The molecule has 11 aromatic rings. The number of para-hydroxylation sites is 2. The van der Waals surface area contributed by atoms with Gasteiger partial charge in [0.05, 0.1) is 28.1 Å². The molecule has 0 saturated heterocycles. The topological polar surface area (TPSA) is 43.9 Å². The summed E-state index contributed by atoms with van der Waals surface area (Å²) in [5.41, 5.74) is 9.67. The highest BCUT2D eigenvalue weighted by Crippen LogP contribution is 2.43. The van der Waals surface area contributed by atoms with Crippen molar-refractivity contribution < 1.29 is 4.42 Å². The molecule has 4 nitrogen and oxygen atoms in total. The van der Waals surface area contributed by atoms with Crippen LogP contribution in [0.15, 0.2) is 180 Å². The van der Waals surface area contributed by atoms with E-state index in [1.54, 1.807) is 0 Å². The van der Waals surface area contributed by atoms with E-state index < -0.39 is 0 Å². The first kappa shape index (κ1) is 28.8. The van der Waals surface area contributed by atoms with Crippen LogP contribution in [-0.2, 0) is 0 Å². The van der Waals surface area contributed by atoms with E-state index in [-0.39, 0.29) is 0 Å². The predicted octanol–water partition coefficient (Wildman–Crippen LogP) is 12.8. The largest absolute Gasteiger partial charge is 0.454 e. The Bertz CT molecular complexity index is 3180. The molecule has 0 saturated carbocycles. The predicted molar refractivity (Wildman–Crippen MR) is 215 cm³/mol. The number of fused-ring (bicyclic) bond motifs is 8. The molecule has 0 bridgehead atoms. The third-order valence-electron chi connectivity index (χ3n) is 10.4. The van der Waals surface area contributed by atoms with Gasteiger partial charge in [-0.15, -0.1) is 0 Å². The second kappa shape index (κ2) is 11.2. The Morgan fingerprint density at radius 3 is 1.92 bits per heavy atom. The van der Waals surface area contributed by atoms with Gasteiger partial charge in [0, 0.05) is 38.2 Å². The maximum atomic E-state index is 6.88. The third-order valence-corrected chi connectivity index (χ3v) is 10.4. The summed E-state index contributed by atoms with van der Waals surface area (Å²) in [5, 5.41) is 9.25. The molecule has 0 spiro atoms. The zero-order valence-electron chi connectivity index (χ0n) is 28.0. The summed E-state index contributed by atoms with van der Waals surface area (Å²) >= 11 is 0. The Labute approximate surface area is 298 Å². The van der Waals surface area contributed by atoms with Gasteiger partial charge in [-0.2, -0.15) is 0 Å². The number of nitrogens with zero attached hydrogens (tertiary/aromatic N) is 3. The minimum atomic E-state index is 0.681. The summed E-state index contributed by atoms with van der Waals surface area (Å²) < 4.78 is 9.24. The Kier molecular flexibility index (Phi) is 6.22. The van der Waals surface area contributed by atoms with Crippen LogP contribution >= 0.6 is 0 Å². The lowest BCUT2D eigenvalue weighted by Crippen LogP contribution is -1.98. The average molecular weight is 664 g/mol. The van der Waals surface area contributed by atoms with E-state index in [0.29, 0.717) is 5.82 Å². The summed E-state index contributed by atoms with van der Waals surface area (Å²) in [4.78, 5) is 10.5. The smallest absolute Gasteiger partial charge is 0.160 e. The molecule has 3 aromatic heterocycles. The van der Waals surface area contributed by atoms with Gasteiger partial charge >= 0.3 is 0 Å². The van der Waals surface area contributed by atoms with Crippen LogP contribution in [0.3, 0.4) is 0 Å². The van der Waals surface area contributed by atoms with Gasteiger partial charge < -0.3 is 8.98 Å². The number of benzene rings is 8. The Balaban J connectivity index is 1.23. The molecule has 0 radical (unpaired) electrons. The molecule has 11 rings (SSSR count). The summed E-state index contributed by atoms with van der Waals surface area (Å²) in [6.45, 7) is 0. The summed E-state index contributed by atoms with van der Waals surface area (Å²) in [6.07, 6.45) is 0. The molecule has 3 heterocycles. The maximum Gasteiger partial charge on any atom is 0.160 e. The van der Waals surface area contributed by atoms with Gasteiger partial charge in [0.25, 0.3) is 0 Å². The van der Waals surface area contributed by atoms with Crippen molar-refractivity contribution in [2.45, 2.75) is 0 Å². The van der Waals surface area contributed by atoms with Gasteiger partial charge in [-0.1, -0.05) is 133 Å². The third kappa shape index (κ3) is 4.34. The second-order valence-electron chi connectivity index (χ2n) is 13.4. The van der Waals surface area contributed by atoms with Crippen LogP contribution in [0.5, 0.6) is 0 Å². The average Bonchev–Trinajstić information content (AvgIpc) is 3.76. The van der Waals surface area contributed by atoms with E-state index >= 15 is 0 Å². The van der Waals surface area contributed by atoms with Crippen molar-refractivity contribution in [3.8, 4) is 39.6 Å². The molecule has 0 N–H and O–H groups in total. The van der Waals surface area contributed by atoms with Crippen LogP contribution < -0.4 is 0 Å². The van der Waals surface area contributed by atoms with Gasteiger partial charge in [-0.05, 0) is 64.0 Å². The van der Waals surface area contributed by atoms with Crippen molar-refractivity contribution in [2.24, 2.45) is 0 Å². The van der Waals surface area contributed by atoms with Gasteiger partial charge in [0.1, 0.15) is 5.58 Å². The highest BCUT2D eigenvalue weighted by Gasteiger charge is 2.22. The molecule has 8 aromatic carbocycles. The summed E-state index contributed by atoms with van der Waals surface area (Å²) in [7, 11) is 0. The van der Waals surface area contributed by atoms with Gasteiger partial charge in [-0.3, -0.25) is 0 Å². The fourth-order valence-corrected chi connectivity index (χ4v) is 8.01. The first-order chi connectivity index (χ1) is 25.8. The molecular formula is C48H29N3O. The Morgan fingerprint density at radius 1 is 0.423 bits per heavy atom. The van der Waals surface area contributed by atoms with Crippen molar-refractivity contribution in [1.29, 1.82) is 0 Å². The summed E-state index contributed by atoms with van der Waals surface area (Å²) in [5.74, 6) is 0.681. The van der Waals surface area contributed by atoms with E-state index in [0.717, 1.165) is 72.1 Å². The van der Waals surface area contributed by atoms with Gasteiger partial charge in [-0.25, -0.2) is 9.97 Å². The molecule has 0 atom stereocenters. The number of aromatic nitrogens is 3. The van der Waals surface area contributed by atoms with Crippen LogP contribution in [0, 0.1) is 0 Å². The summed E-state index contributed by atoms with van der Waals surface area (Å²) in [6, 6.07) is 61.8. The lowest BCUT2D eigenvalue weighted by molar-refractivity contribution is 0.666. The SMILES string of the molecule is c1ccc(-c2nc(-c3cccc4ccccc34)cc(-c3ccc(-n4c5ccccc5c5cc6ccccc6cc54)c4oc5ccccc5c34)n2)cc1. The molecule has 0 aliphatic rings. The van der Waals surface area contributed by atoms with Crippen LogP contribution in [0.4, 0.5) is 0 Å². The lowest BCUT2D eigenvalue weighted by atomic mass is 9.98. The molecule has 0 fully saturated rings. The standard InChI is InChI=1S/C48H29N3O/c1-2-14-31(15-3-1)48-49-40(35-22-12-18-30-13-6-7-19-34(30)35)29-41(50-48)37-25-26-43(47-46(37)38-21-9-11-24-45(38)52-47)51-42-23-10-8-20-36(42)39-27-32-16-4-5-17-33(32)28-44(39)51/h1-29H. The van der Waals surface area contributed by atoms with Gasteiger partial charge in [0.2, 0.25) is 0 Å². The van der Waals surface area contributed by atoms with E-state index in [1.807, 2.05) is 24.3 Å². The Morgan fingerprint density at radius 2 is 1.08 bits per heavy atom. The fraction of sp³-hybridized carbons (Fsp3) is 0. The minimum Gasteiger partial charge on any atom is -0.454 e. The monoisotopic (exact) mass is 663 g/mol. The fourth-order valence-electron chi connectivity index (χ4n) is 8.01. The second-order valence-corrected chi connectivity index (χ2v) is 13.4. The molecule has 242 valence electrons. The van der Waals surface area contributed by atoms with E-state index in [1.165, 1.54) is 26.9 Å². The molecule has 0 aliphatic carbocycles. The van der Waals surface area contributed by atoms with E-state index in [2.05, 4.69) is 156 Å². The number of hydrogen-bond acceptors (Lipinski definition) is 3. The molecule has 0 amide bonds. The van der Waals surface area contributed by atoms with Crippen LogP contribution in [-0.4, -0.2) is 14.5 Å². The lowest BCUT2D eigenvalue weighted by Gasteiger charge is -2.14. The van der Waals surface area contributed by atoms with Crippen molar-refractivity contribution in [3.63, 3.8) is 0 Å². The van der Waals surface area contributed by atoms with Gasteiger partial charge in [0.15, 0.2) is 11.4 Å². The van der Waals surface area contributed by atoms with Crippen LogP contribution in [0.25, 0.3) is 105 Å². The highest BCUT2D eigenvalue weighted by molar-refractivity contribution is 6.18. The zero-order chi connectivity index (χ0) is 34.2. The minimum absolute atomic E-state index is 0.681. The number of hydrogen-bond donors (Lipinski definition) is 0. The molecule has 4 heteroatoms. The van der Waals surface area contributed by atoms with Crippen molar-refractivity contribution in [1.82, 2.24) is 14.5 Å². The first-order valence-electron chi connectivity index (χ1n) is 17.6. The molecular weight excluding hydrogens is 635 g/mol. The van der Waals surface area contributed by atoms with Crippen molar-refractivity contribution >= 4 is 65.3 Å². The van der Waals surface area contributed by atoms with Crippen LogP contribution in [0.2, 0.25) is 0 Å². The van der Waals surface area contributed by atoms with Crippen LogP contribution in [0.1, 0.15) is 0 Å².